The Morgan fingerprint density at radius 2 is 1.67 bits per heavy atom. The average Bonchev–Trinajstić information content (AvgIpc) is 2.38. The predicted molar refractivity (Wildman–Crippen MR) is 84.2 cm³/mol. The molecule has 1 aromatic carbocycles. The summed E-state index contributed by atoms with van der Waals surface area (Å²) in [5.74, 6) is -0.0377. The Hall–Kier alpha value is -1.40. The molecule has 1 rings (SSSR count). The number of rotatable bonds is 6. The van der Waals surface area contributed by atoms with Crippen LogP contribution in [-0.4, -0.2) is 38.0 Å². The highest BCUT2D eigenvalue weighted by Crippen LogP contribution is 2.22. The first-order valence-corrected chi connectivity index (χ1v) is 8.77. The fraction of sp³-hybridized carbons (Fsp3) is 0.533. The van der Waals surface area contributed by atoms with Crippen molar-refractivity contribution in [3.8, 4) is 0 Å². The van der Waals surface area contributed by atoms with Gasteiger partial charge in [-0.1, -0.05) is 44.2 Å². The topological polar surface area (TPSA) is 66.5 Å². The van der Waals surface area contributed by atoms with Crippen LogP contribution in [0.15, 0.2) is 30.3 Å². The Bertz CT molecular complexity index is 570. The summed E-state index contributed by atoms with van der Waals surface area (Å²) in [5, 5.41) is 2.89. The lowest BCUT2D eigenvalue weighted by atomic mass is 10.0. The number of nitrogens with one attached hydrogen (secondary N) is 1. The summed E-state index contributed by atoms with van der Waals surface area (Å²) in [7, 11) is -2.06. The van der Waals surface area contributed by atoms with Gasteiger partial charge in [-0.2, -0.15) is 4.31 Å². The van der Waals surface area contributed by atoms with Crippen molar-refractivity contribution in [2.24, 2.45) is 5.92 Å². The lowest BCUT2D eigenvalue weighted by Gasteiger charge is -2.28. The summed E-state index contributed by atoms with van der Waals surface area (Å²) in [4.78, 5) is 12.5. The van der Waals surface area contributed by atoms with Crippen molar-refractivity contribution in [3.63, 3.8) is 0 Å². The van der Waals surface area contributed by atoms with Crippen LogP contribution in [0.4, 0.5) is 0 Å². The van der Waals surface area contributed by atoms with Crippen LogP contribution in [0.3, 0.4) is 0 Å². The van der Waals surface area contributed by atoms with Crippen molar-refractivity contribution >= 4 is 15.9 Å². The number of amides is 1. The van der Waals surface area contributed by atoms with E-state index in [0.717, 1.165) is 10.6 Å². The highest BCUT2D eigenvalue weighted by atomic mass is 32.2. The van der Waals surface area contributed by atoms with Crippen molar-refractivity contribution in [2.45, 2.75) is 32.9 Å². The van der Waals surface area contributed by atoms with Crippen molar-refractivity contribution in [1.29, 1.82) is 0 Å². The van der Waals surface area contributed by atoms with E-state index in [1.807, 2.05) is 26.8 Å². The molecule has 0 aliphatic rings. The Morgan fingerprint density at radius 3 is 2.10 bits per heavy atom. The first kappa shape index (κ1) is 17.7. The summed E-state index contributed by atoms with van der Waals surface area (Å²) in [5.41, 5.74) is 0.652. The Balaban J connectivity index is 3.12. The molecule has 118 valence electrons. The molecule has 6 heteroatoms. The van der Waals surface area contributed by atoms with Gasteiger partial charge in [-0.15, -0.1) is 0 Å². The molecular formula is C15H24N2O3S. The molecule has 1 amide bonds. The van der Waals surface area contributed by atoms with Crippen molar-refractivity contribution < 1.29 is 13.2 Å². The standard InChI is InChI=1S/C15H24N2O3S/c1-11(2)12(3)16-15(18)14(17(4)21(5,19)20)13-9-7-6-8-10-13/h6-12,14H,1-5H3,(H,16,18)/t12-,14-/m1/s1. The molecule has 0 aliphatic heterocycles. The molecule has 0 heterocycles. The normalized spacial score (nSPS) is 15.0. The van der Waals surface area contributed by atoms with Crippen LogP contribution in [0, 0.1) is 5.92 Å². The van der Waals surface area contributed by atoms with Gasteiger partial charge < -0.3 is 5.32 Å². The molecule has 0 aromatic heterocycles. The maximum atomic E-state index is 12.5. The summed E-state index contributed by atoms with van der Waals surface area (Å²) in [6.45, 7) is 5.91. The summed E-state index contributed by atoms with van der Waals surface area (Å²) in [6, 6.07) is 8.03. The smallest absolute Gasteiger partial charge is 0.243 e. The van der Waals surface area contributed by atoms with E-state index in [4.69, 9.17) is 0 Å². The monoisotopic (exact) mass is 312 g/mol. The van der Waals surface area contributed by atoms with Crippen LogP contribution in [-0.2, 0) is 14.8 Å². The molecule has 0 saturated carbocycles. The third-order valence-corrected chi connectivity index (χ3v) is 4.88. The van der Waals surface area contributed by atoms with Gasteiger partial charge in [-0.25, -0.2) is 8.42 Å². The molecule has 1 aromatic rings. The predicted octanol–water partition coefficient (Wildman–Crippen LogP) is 1.78. The minimum atomic E-state index is -3.48. The first-order chi connectivity index (χ1) is 9.64. The number of benzene rings is 1. The third kappa shape index (κ3) is 4.82. The van der Waals surface area contributed by atoms with Gasteiger partial charge in [0.2, 0.25) is 15.9 Å². The van der Waals surface area contributed by atoms with E-state index in [9.17, 15) is 13.2 Å². The van der Waals surface area contributed by atoms with Gasteiger partial charge in [0.15, 0.2) is 0 Å². The van der Waals surface area contributed by atoms with E-state index in [0.29, 0.717) is 5.56 Å². The van der Waals surface area contributed by atoms with Gasteiger partial charge in [0.25, 0.3) is 0 Å². The number of carbonyl (C=O) groups is 1. The molecule has 5 nitrogen and oxygen atoms in total. The summed E-state index contributed by atoms with van der Waals surface area (Å²) in [6.07, 6.45) is 1.10. The molecule has 0 unspecified atom stereocenters. The van der Waals surface area contributed by atoms with E-state index in [1.54, 1.807) is 24.3 Å². The minimum absolute atomic E-state index is 0.0309. The molecule has 0 bridgehead atoms. The first-order valence-electron chi connectivity index (χ1n) is 6.93. The second-order valence-corrected chi connectivity index (χ2v) is 7.68. The summed E-state index contributed by atoms with van der Waals surface area (Å²) < 4.78 is 24.7. The van der Waals surface area contributed by atoms with Crippen LogP contribution in [0.1, 0.15) is 32.4 Å². The van der Waals surface area contributed by atoms with Crippen LogP contribution >= 0.6 is 0 Å². The molecule has 0 aliphatic carbocycles. The van der Waals surface area contributed by atoms with Gasteiger partial charge in [-0.3, -0.25) is 4.79 Å². The van der Waals surface area contributed by atoms with Crippen LogP contribution in [0.25, 0.3) is 0 Å². The zero-order valence-electron chi connectivity index (χ0n) is 13.2. The molecule has 0 fully saturated rings. The van der Waals surface area contributed by atoms with Gasteiger partial charge in [0.1, 0.15) is 6.04 Å². The molecule has 1 N–H and O–H groups in total. The summed E-state index contributed by atoms with van der Waals surface area (Å²) >= 11 is 0. The van der Waals surface area contributed by atoms with Crippen LogP contribution in [0.5, 0.6) is 0 Å². The second kappa shape index (κ2) is 7.04. The Kier molecular flexibility index (Phi) is 5.92. The van der Waals surface area contributed by atoms with Crippen molar-refractivity contribution in [1.82, 2.24) is 9.62 Å². The zero-order chi connectivity index (χ0) is 16.2. The maximum absolute atomic E-state index is 12.5. The fourth-order valence-corrected chi connectivity index (χ4v) is 2.42. The number of nitrogens with zero attached hydrogens (tertiary/aromatic N) is 1. The third-order valence-electron chi connectivity index (χ3n) is 3.62. The lowest BCUT2D eigenvalue weighted by molar-refractivity contribution is -0.125. The van der Waals surface area contributed by atoms with Gasteiger partial charge in [0.05, 0.1) is 6.26 Å². The van der Waals surface area contributed by atoms with Crippen LogP contribution < -0.4 is 5.32 Å². The molecule has 0 radical (unpaired) electrons. The number of hydrogen-bond donors (Lipinski definition) is 1. The zero-order valence-corrected chi connectivity index (χ0v) is 14.0. The molecular weight excluding hydrogens is 288 g/mol. The van der Waals surface area contributed by atoms with E-state index >= 15 is 0 Å². The van der Waals surface area contributed by atoms with Crippen molar-refractivity contribution in [2.75, 3.05) is 13.3 Å². The van der Waals surface area contributed by atoms with Gasteiger partial charge >= 0.3 is 0 Å². The molecule has 0 saturated heterocycles. The largest absolute Gasteiger partial charge is 0.352 e. The maximum Gasteiger partial charge on any atom is 0.243 e. The minimum Gasteiger partial charge on any atom is -0.352 e. The highest BCUT2D eigenvalue weighted by Gasteiger charge is 2.31. The lowest BCUT2D eigenvalue weighted by Crippen LogP contribution is -2.45. The van der Waals surface area contributed by atoms with E-state index in [2.05, 4.69) is 5.32 Å². The SMILES string of the molecule is CC(C)[C@@H](C)NC(=O)[C@@H](c1ccccc1)N(C)S(C)(=O)=O. The highest BCUT2D eigenvalue weighted by molar-refractivity contribution is 7.88. The Labute approximate surface area is 127 Å². The fourth-order valence-electron chi connectivity index (χ4n) is 1.82. The second-order valence-electron chi connectivity index (χ2n) is 5.63. The molecule has 0 spiro atoms. The van der Waals surface area contributed by atoms with Crippen LogP contribution in [0.2, 0.25) is 0 Å². The number of likely N-dealkylation sites (N-methyl/N-ethyl adjacent to an activating group) is 1. The van der Waals surface area contributed by atoms with E-state index in [-0.39, 0.29) is 17.9 Å². The average molecular weight is 312 g/mol. The van der Waals surface area contributed by atoms with Crippen molar-refractivity contribution in [3.05, 3.63) is 35.9 Å². The van der Waals surface area contributed by atoms with Gasteiger partial charge in [0, 0.05) is 13.1 Å². The molecule has 21 heavy (non-hydrogen) atoms. The number of hydrogen-bond acceptors (Lipinski definition) is 3. The number of carbonyl (C=O) groups excluding carboxylic acids is 1. The van der Waals surface area contributed by atoms with Gasteiger partial charge in [-0.05, 0) is 18.4 Å². The van der Waals surface area contributed by atoms with E-state index < -0.39 is 16.1 Å². The quantitative estimate of drug-likeness (QED) is 0.870. The number of sulfonamides is 1. The van der Waals surface area contributed by atoms with E-state index in [1.165, 1.54) is 7.05 Å². The molecule has 2 atom stereocenters. The Morgan fingerprint density at radius 1 is 1.14 bits per heavy atom.